The van der Waals surface area contributed by atoms with E-state index in [4.69, 9.17) is 9.47 Å². The van der Waals surface area contributed by atoms with Crippen molar-refractivity contribution in [3.05, 3.63) is 0 Å². The number of ether oxygens (including phenoxy) is 2. The van der Waals surface area contributed by atoms with Crippen LogP contribution >= 0.6 is 0 Å². The fraction of sp³-hybridized carbons (Fsp3) is 1.00. The third-order valence-electron chi connectivity index (χ3n) is 4.45. The first kappa shape index (κ1) is 16.2. The Morgan fingerprint density at radius 1 is 0.800 bits per heavy atom. The number of unbranched alkanes of at least 4 members (excludes halogenated alkanes) is 2. The van der Waals surface area contributed by atoms with Gasteiger partial charge in [0.05, 0.1) is 26.4 Å². The van der Waals surface area contributed by atoms with Crippen molar-refractivity contribution in [2.24, 2.45) is 5.92 Å². The Bertz CT molecular complexity index is 239. The first-order valence-electron chi connectivity index (χ1n) is 8.45. The summed E-state index contributed by atoms with van der Waals surface area (Å²) in [6, 6.07) is 0. The summed E-state index contributed by atoms with van der Waals surface area (Å²) in [6.07, 6.45) is 5.49. The minimum absolute atomic E-state index is 0.830. The van der Waals surface area contributed by atoms with Gasteiger partial charge >= 0.3 is 0 Å². The van der Waals surface area contributed by atoms with E-state index in [1.165, 1.54) is 38.8 Å². The van der Waals surface area contributed by atoms with Gasteiger partial charge in [-0.2, -0.15) is 0 Å². The zero-order valence-corrected chi connectivity index (χ0v) is 13.2. The molecule has 2 aliphatic rings. The summed E-state index contributed by atoms with van der Waals surface area (Å²) in [6.45, 7) is 13.1. The van der Waals surface area contributed by atoms with Gasteiger partial charge in [-0.25, -0.2) is 0 Å². The second kappa shape index (κ2) is 9.72. The first-order chi connectivity index (χ1) is 9.84. The fourth-order valence-corrected chi connectivity index (χ4v) is 3.15. The van der Waals surface area contributed by atoms with Crippen molar-refractivity contribution in [3.63, 3.8) is 0 Å². The maximum atomic E-state index is 5.40. The molecular weight excluding hydrogens is 252 g/mol. The zero-order valence-electron chi connectivity index (χ0n) is 13.2. The summed E-state index contributed by atoms with van der Waals surface area (Å²) in [5.41, 5.74) is 0. The van der Waals surface area contributed by atoms with Gasteiger partial charge < -0.3 is 9.47 Å². The minimum atomic E-state index is 0.830. The van der Waals surface area contributed by atoms with Crippen LogP contribution in [0.25, 0.3) is 0 Å². The quantitative estimate of drug-likeness (QED) is 0.635. The Labute approximate surface area is 124 Å². The van der Waals surface area contributed by atoms with Gasteiger partial charge in [0.2, 0.25) is 0 Å². The number of nitrogens with zero attached hydrogens (tertiary/aromatic N) is 2. The van der Waals surface area contributed by atoms with Gasteiger partial charge in [0, 0.05) is 32.7 Å². The normalized spacial score (nSPS) is 23.9. The molecule has 20 heavy (non-hydrogen) atoms. The summed E-state index contributed by atoms with van der Waals surface area (Å²) in [4.78, 5) is 5.10. The minimum Gasteiger partial charge on any atom is -0.379 e. The number of hydrogen-bond donors (Lipinski definition) is 0. The molecular formula is C16H32N2O2. The lowest BCUT2D eigenvalue weighted by Gasteiger charge is -2.29. The second-order valence-electron chi connectivity index (χ2n) is 6.32. The molecule has 0 N–H and O–H groups in total. The molecule has 0 spiro atoms. The lowest BCUT2D eigenvalue weighted by Crippen LogP contribution is -2.38. The largest absolute Gasteiger partial charge is 0.379 e. The Morgan fingerprint density at radius 2 is 1.40 bits per heavy atom. The van der Waals surface area contributed by atoms with Crippen LogP contribution in [0.15, 0.2) is 0 Å². The van der Waals surface area contributed by atoms with Gasteiger partial charge in [-0.15, -0.1) is 0 Å². The SMILES string of the molecule is CC(CCCCCN1CCOCC1)CN1CCOCC1. The van der Waals surface area contributed by atoms with Gasteiger partial charge in [-0.05, 0) is 25.3 Å². The molecule has 2 heterocycles. The highest BCUT2D eigenvalue weighted by Gasteiger charge is 2.13. The first-order valence-corrected chi connectivity index (χ1v) is 8.45. The van der Waals surface area contributed by atoms with E-state index in [1.807, 2.05) is 0 Å². The van der Waals surface area contributed by atoms with E-state index in [0.717, 1.165) is 58.5 Å². The molecule has 2 fully saturated rings. The summed E-state index contributed by atoms with van der Waals surface area (Å²) in [5, 5.41) is 0. The topological polar surface area (TPSA) is 24.9 Å². The zero-order chi connectivity index (χ0) is 14.0. The Balaban J connectivity index is 1.43. The van der Waals surface area contributed by atoms with Crippen molar-refractivity contribution in [1.29, 1.82) is 0 Å². The summed E-state index contributed by atoms with van der Waals surface area (Å²) in [5.74, 6) is 0.830. The van der Waals surface area contributed by atoms with E-state index >= 15 is 0 Å². The fourth-order valence-electron chi connectivity index (χ4n) is 3.15. The highest BCUT2D eigenvalue weighted by molar-refractivity contribution is 4.66. The van der Waals surface area contributed by atoms with Crippen LogP contribution in [0.3, 0.4) is 0 Å². The Hall–Kier alpha value is -0.160. The molecule has 2 aliphatic heterocycles. The molecule has 0 aromatic carbocycles. The van der Waals surface area contributed by atoms with Crippen LogP contribution < -0.4 is 0 Å². The number of hydrogen-bond acceptors (Lipinski definition) is 4. The van der Waals surface area contributed by atoms with Gasteiger partial charge in [0.1, 0.15) is 0 Å². The average Bonchev–Trinajstić information content (AvgIpc) is 2.49. The summed E-state index contributed by atoms with van der Waals surface area (Å²) >= 11 is 0. The van der Waals surface area contributed by atoms with Gasteiger partial charge in [0.15, 0.2) is 0 Å². The second-order valence-corrected chi connectivity index (χ2v) is 6.32. The smallest absolute Gasteiger partial charge is 0.0594 e. The Morgan fingerprint density at radius 3 is 2.05 bits per heavy atom. The molecule has 4 nitrogen and oxygen atoms in total. The number of rotatable bonds is 8. The van der Waals surface area contributed by atoms with Gasteiger partial charge in [0.25, 0.3) is 0 Å². The van der Waals surface area contributed by atoms with E-state index in [2.05, 4.69) is 16.7 Å². The maximum Gasteiger partial charge on any atom is 0.0594 e. The lowest BCUT2D eigenvalue weighted by atomic mass is 10.0. The molecule has 0 aromatic heterocycles. The summed E-state index contributed by atoms with van der Waals surface area (Å²) < 4.78 is 10.8. The van der Waals surface area contributed by atoms with Crippen LogP contribution in [0.5, 0.6) is 0 Å². The predicted octanol–water partition coefficient (Wildman–Crippen LogP) is 1.85. The van der Waals surface area contributed by atoms with Crippen LogP contribution in [-0.4, -0.2) is 75.5 Å². The molecule has 0 aliphatic carbocycles. The summed E-state index contributed by atoms with van der Waals surface area (Å²) in [7, 11) is 0. The van der Waals surface area contributed by atoms with Gasteiger partial charge in [-0.1, -0.05) is 19.8 Å². The highest BCUT2D eigenvalue weighted by atomic mass is 16.5. The molecule has 0 radical (unpaired) electrons. The van der Waals surface area contributed by atoms with Crippen molar-refractivity contribution >= 4 is 0 Å². The van der Waals surface area contributed by atoms with Crippen molar-refractivity contribution in [2.45, 2.75) is 32.6 Å². The molecule has 4 heteroatoms. The van der Waals surface area contributed by atoms with E-state index in [0.29, 0.717) is 0 Å². The van der Waals surface area contributed by atoms with E-state index in [-0.39, 0.29) is 0 Å². The lowest BCUT2D eigenvalue weighted by molar-refractivity contribution is 0.0309. The van der Waals surface area contributed by atoms with Crippen LogP contribution in [0.2, 0.25) is 0 Å². The van der Waals surface area contributed by atoms with Crippen LogP contribution in [0.4, 0.5) is 0 Å². The van der Waals surface area contributed by atoms with Crippen molar-refractivity contribution in [1.82, 2.24) is 9.80 Å². The Kier molecular flexibility index (Phi) is 7.88. The van der Waals surface area contributed by atoms with E-state index in [9.17, 15) is 0 Å². The molecule has 0 amide bonds. The highest BCUT2D eigenvalue weighted by Crippen LogP contribution is 2.12. The molecule has 2 rings (SSSR count). The molecule has 0 aromatic rings. The van der Waals surface area contributed by atoms with Crippen LogP contribution in [-0.2, 0) is 9.47 Å². The van der Waals surface area contributed by atoms with E-state index < -0.39 is 0 Å². The van der Waals surface area contributed by atoms with Crippen LogP contribution in [0, 0.1) is 5.92 Å². The van der Waals surface area contributed by atoms with Crippen LogP contribution in [0.1, 0.15) is 32.6 Å². The van der Waals surface area contributed by atoms with Gasteiger partial charge in [-0.3, -0.25) is 9.80 Å². The molecule has 1 atom stereocenters. The molecule has 1 unspecified atom stereocenters. The van der Waals surface area contributed by atoms with Crippen molar-refractivity contribution in [3.8, 4) is 0 Å². The third kappa shape index (κ3) is 6.53. The average molecular weight is 284 g/mol. The van der Waals surface area contributed by atoms with Crippen molar-refractivity contribution < 1.29 is 9.47 Å². The third-order valence-corrected chi connectivity index (χ3v) is 4.45. The van der Waals surface area contributed by atoms with E-state index in [1.54, 1.807) is 0 Å². The van der Waals surface area contributed by atoms with Crippen molar-refractivity contribution in [2.75, 3.05) is 65.7 Å². The molecule has 0 saturated carbocycles. The molecule has 0 bridgehead atoms. The molecule has 2 saturated heterocycles. The molecule has 118 valence electrons. The number of morpholine rings is 2. The predicted molar refractivity (Wildman–Crippen MR) is 82.2 cm³/mol. The standard InChI is InChI=1S/C16H32N2O2/c1-16(15-18-9-13-20-14-10-18)5-3-2-4-6-17-7-11-19-12-8-17/h16H,2-15H2,1H3. The maximum absolute atomic E-state index is 5.40. The monoisotopic (exact) mass is 284 g/mol.